The third-order valence-electron chi connectivity index (χ3n) is 4.77. The molecule has 2 aromatic carbocycles. The molecule has 0 spiro atoms. The van der Waals surface area contributed by atoms with Crippen LogP contribution in [0, 0.1) is 18.3 Å². The maximum Gasteiger partial charge on any atom is 0.407 e. The Labute approximate surface area is 169 Å². The van der Waals surface area contributed by atoms with Gasteiger partial charge in [0.15, 0.2) is 5.78 Å². The number of alkyl halides is 3. The lowest BCUT2D eigenvalue weighted by Gasteiger charge is -2.27. The maximum absolute atomic E-state index is 13.8. The van der Waals surface area contributed by atoms with Crippen molar-refractivity contribution in [2.75, 3.05) is 0 Å². The van der Waals surface area contributed by atoms with Crippen LogP contribution in [0.25, 0.3) is 11.1 Å². The minimum absolute atomic E-state index is 0.00264. The zero-order valence-corrected chi connectivity index (χ0v) is 16.6. The first-order chi connectivity index (χ1) is 13.8. The molecule has 1 N–H and O–H groups in total. The standard InChI is InChI=1S/C23H25F3N2O/c1-3-5-20(21(29)6-4-15-27)28-22(23(24,25)26)19-13-11-18(12-14-19)17-9-7-16(2)8-10-17/h7-14,20,22,28H,3-6H2,1-2H3/t20-,22-/m0/s1. The molecule has 2 atom stereocenters. The molecule has 0 amide bonds. The van der Waals surface area contributed by atoms with Gasteiger partial charge in [-0.3, -0.25) is 10.1 Å². The highest BCUT2D eigenvalue weighted by Crippen LogP contribution is 2.34. The Balaban J connectivity index is 2.26. The molecular formula is C23H25F3N2O. The average Bonchev–Trinajstić information content (AvgIpc) is 2.69. The van der Waals surface area contributed by atoms with Crippen molar-refractivity contribution in [3.05, 3.63) is 59.7 Å². The van der Waals surface area contributed by atoms with Crippen molar-refractivity contribution < 1.29 is 18.0 Å². The quantitative estimate of drug-likeness (QED) is 0.568. The smallest absolute Gasteiger partial charge is 0.298 e. The molecule has 0 saturated heterocycles. The minimum Gasteiger partial charge on any atom is -0.298 e. The molecule has 154 valence electrons. The van der Waals surface area contributed by atoms with Crippen molar-refractivity contribution in [3.63, 3.8) is 0 Å². The Morgan fingerprint density at radius 3 is 2.10 bits per heavy atom. The molecule has 0 aliphatic carbocycles. The molecule has 29 heavy (non-hydrogen) atoms. The molecule has 2 rings (SSSR count). The van der Waals surface area contributed by atoms with Gasteiger partial charge in [0.1, 0.15) is 6.04 Å². The van der Waals surface area contributed by atoms with Crippen LogP contribution in [0.3, 0.4) is 0 Å². The van der Waals surface area contributed by atoms with Crippen molar-refractivity contribution in [1.82, 2.24) is 5.32 Å². The summed E-state index contributed by atoms with van der Waals surface area (Å²) in [6, 6.07) is 12.9. The van der Waals surface area contributed by atoms with E-state index in [1.54, 1.807) is 12.1 Å². The van der Waals surface area contributed by atoms with Gasteiger partial charge in [0.05, 0.1) is 12.1 Å². The van der Waals surface area contributed by atoms with E-state index < -0.39 is 18.3 Å². The lowest BCUT2D eigenvalue weighted by Crippen LogP contribution is -2.44. The minimum atomic E-state index is -4.55. The monoisotopic (exact) mass is 402 g/mol. The fourth-order valence-electron chi connectivity index (χ4n) is 3.17. The largest absolute Gasteiger partial charge is 0.407 e. The number of nitriles is 1. The highest BCUT2D eigenvalue weighted by atomic mass is 19.4. The zero-order chi connectivity index (χ0) is 21.4. The van der Waals surface area contributed by atoms with E-state index in [0.717, 1.165) is 16.7 Å². The van der Waals surface area contributed by atoms with Crippen LogP contribution >= 0.6 is 0 Å². The van der Waals surface area contributed by atoms with Crippen LogP contribution in [-0.4, -0.2) is 18.0 Å². The summed E-state index contributed by atoms with van der Waals surface area (Å²) in [6.07, 6.45) is -3.74. The molecule has 0 heterocycles. The molecular weight excluding hydrogens is 377 g/mol. The molecule has 0 aliphatic heterocycles. The molecule has 0 radical (unpaired) electrons. The van der Waals surface area contributed by atoms with Crippen molar-refractivity contribution >= 4 is 5.78 Å². The van der Waals surface area contributed by atoms with E-state index in [9.17, 15) is 18.0 Å². The lowest BCUT2D eigenvalue weighted by atomic mass is 9.97. The number of benzene rings is 2. The van der Waals surface area contributed by atoms with Gasteiger partial charge in [0.2, 0.25) is 0 Å². The Bertz CT molecular complexity index is 836. The van der Waals surface area contributed by atoms with Crippen LogP contribution in [0.15, 0.2) is 48.5 Å². The van der Waals surface area contributed by atoms with E-state index in [1.807, 2.05) is 44.2 Å². The zero-order valence-electron chi connectivity index (χ0n) is 16.6. The van der Waals surface area contributed by atoms with Crippen molar-refractivity contribution in [2.24, 2.45) is 0 Å². The van der Waals surface area contributed by atoms with Gasteiger partial charge in [-0.25, -0.2) is 0 Å². The first-order valence-corrected chi connectivity index (χ1v) is 9.65. The Morgan fingerprint density at radius 2 is 1.62 bits per heavy atom. The molecule has 0 saturated carbocycles. The Morgan fingerprint density at radius 1 is 1.07 bits per heavy atom. The first-order valence-electron chi connectivity index (χ1n) is 9.65. The van der Waals surface area contributed by atoms with Gasteiger partial charge in [0.25, 0.3) is 0 Å². The first kappa shape index (κ1) is 22.6. The second-order valence-electron chi connectivity index (χ2n) is 7.10. The van der Waals surface area contributed by atoms with Crippen LogP contribution in [0.2, 0.25) is 0 Å². The number of hydrogen-bond acceptors (Lipinski definition) is 3. The summed E-state index contributed by atoms with van der Waals surface area (Å²) in [5, 5.41) is 11.2. The van der Waals surface area contributed by atoms with Gasteiger partial charge in [0, 0.05) is 12.8 Å². The van der Waals surface area contributed by atoms with Gasteiger partial charge in [-0.15, -0.1) is 0 Å². The van der Waals surface area contributed by atoms with Gasteiger partial charge in [-0.05, 0) is 30.0 Å². The maximum atomic E-state index is 13.8. The number of nitrogens with zero attached hydrogens (tertiary/aromatic N) is 1. The molecule has 0 aliphatic rings. The van der Waals surface area contributed by atoms with E-state index in [4.69, 9.17) is 5.26 Å². The van der Waals surface area contributed by atoms with Crippen LogP contribution in [0.4, 0.5) is 13.2 Å². The van der Waals surface area contributed by atoms with Gasteiger partial charge in [-0.1, -0.05) is 67.4 Å². The molecule has 3 nitrogen and oxygen atoms in total. The Kier molecular flexibility index (Phi) is 7.98. The summed E-state index contributed by atoms with van der Waals surface area (Å²) in [5.41, 5.74) is 2.91. The van der Waals surface area contributed by atoms with Gasteiger partial charge in [-0.2, -0.15) is 18.4 Å². The number of hydrogen-bond donors (Lipinski definition) is 1. The second-order valence-corrected chi connectivity index (χ2v) is 7.10. The van der Waals surface area contributed by atoms with Crippen molar-refractivity contribution in [1.29, 1.82) is 5.26 Å². The normalized spacial score (nSPS) is 13.5. The van der Waals surface area contributed by atoms with E-state index in [1.165, 1.54) is 12.1 Å². The van der Waals surface area contributed by atoms with Crippen LogP contribution in [-0.2, 0) is 4.79 Å². The third-order valence-corrected chi connectivity index (χ3v) is 4.77. The fourth-order valence-corrected chi connectivity index (χ4v) is 3.17. The third kappa shape index (κ3) is 6.43. The van der Waals surface area contributed by atoms with E-state index in [2.05, 4.69) is 5.32 Å². The SMILES string of the molecule is CCC[C@H](N[C@@H](c1ccc(-c2ccc(C)cc2)cc1)C(F)(F)F)C(=O)CCC#N. The average molecular weight is 402 g/mol. The second kappa shape index (κ2) is 10.2. The molecule has 2 aromatic rings. The molecule has 0 bridgehead atoms. The van der Waals surface area contributed by atoms with Crippen LogP contribution in [0.5, 0.6) is 0 Å². The highest BCUT2D eigenvalue weighted by molar-refractivity contribution is 5.84. The van der Waals surface area contributed by atoms with Crippen LogP contribution < -0.4 is 5.32 Å². The molecule has 6 heteroatoms. The number of Topliss-reactive ketones (excluding diaryl/α,β-unsaturated/α-hetero) is 1. The number of carbonyl (C=O) groups is 1. The number of rotatable bonds is 9. The topological polar surface area (TPSA) is 52.9 Å². The predicted molar refractivity (Wildman–Crippen MR) is 107 cm³/mol. The van der Waals surface area contributed by atoms with E-state index in [-0.39, 0.29) is 30.6 Å². The van der Waals surface area contributed by atoms with Gasteiger partial charge < -0.3 is 0 Å². The number of halogens is 3. The number of ketones is 1. The highest BCUT2D eigenvalue weighted by Gasteiger charge is 2.42. The summed E-state index contributed by atoms with van der Waals surface area (Å²) in [6.45, 7) is 3.78. The lowest BCUT2D eigenvalue weighted by molar-refractivity contribution is -0.160. The number of aryl methyl sites for hydroxylation is 1. The molecule has 0 fully saturated rings. The fraction of sp³-hybridized carbons (Fsp3) is 0.391. The summed E-state index contributed by atoms with van der Waals surface area (Å²) < 4.78 is 41.3. The van der Waals surface area contributed by atoms with Crippen molar-refractivity contribution in [3.8, 4) is 17.2 Å². The van der Waals surface area contributed by atoms with E-state index >= 15 is 0 Å². The summed E-state index contributed by atoms with van der Waals surface area (Å²) >= 11 is 0. The van der Waals surface area contributed by atoms with Crippen molar-refractivity contribution in [2.45, 2.75) is 57.8 Å². The summed E-state index contributed by atoms with van der Waals surface area (Å²) in [5.74, 6) is -0.362. The molecule has 0 unspecified atom stereocenters. The number of carbonyl (C=O) groups excluding carboxylic acids is 1. The van der Waals surface area contributed by atoms with Gasteiger partial charge >= 0.3 is 6.18 Å². The van der Waals surface area contributed by atoms with E-state index in [0.29, 0.717) is 6.42 Å². The summed E-state index contributed by atoms with van der Waals surface area (Å²) in [4.78, 5) is 12.3. The molecule has 0 aromatic heterocycles. The predicted octanol–water partition coefficient (Wildman–Crippen LogP) is 5.90. The van der Waals surface area contributed by atoms with Crippen LogP contribution in [0.1, 0.15) is 49.8 Å². The summed E-state index contributed by atoms with van der Waals surface area (Å²) in [7, 11) is 0. The Hall–Kier alpha value is -2.65. The number of nitrogens with one attached hydrogen (secondary N) is 1.